The first-order chi connectivity index (χ1) is 11.6. The van der Waals surface area contributed by atoms with E-state index in [-0.39, 0.29) is 18.6 Å². The van der Waals surface area contributed by atoms with Gasteiger partial charge in [0.25, 0.3) is 5.91 Å². The van der Waals surface area contributed by atoms with Gasteiger partial charge >= 0.3 is 0 Å². The van der Waals surface area contributed by atoms with Crippen molar-refractivity contribution in [2.24, 2.45) is 5.92 Å². The Bertz CT molecular complexity index is 599. The zero-order chi connectivity index (χ0) is 17.1. The van der Waals surface area contributed by atoms with E-state index in [4.69, 9.17) is 9.47 Å². The van der Waals surface area contributed by atoms with E-state index in [1.165, 1.54) is 30.4 Å². The zero-order valence-corrected chi connectivity index (χ0v) is 15.1. The van der Waals surface area contributed by atoms with Crippen molar-refractivity contribution in [3.63, 3.8) is 0 Å². The third-order valence-electron chi connectivity index (χ3n) is 5.53. The Balaban J connectivity index is 1.74. The Hall–Kier alpha value is -1.55. The second-order valence-electron chi connectivity index (χ2n) is 7.17. The normalized spacial score (nSPS) is 23.7. The molecule has 0 N–H and O–H groups in total. The Morgan fingerprint density at radius 2 is 2.04 bits per heavy atom. The molecule has 0 unspecified atom stereocenters. The average Bonchev–Trinajstić information content (AvgIpc) is 2.61. The number of aryl methyl sites for hydroxylation is 1. The fourth-order valence-electron chi connectivity index (χ4n) is 4.05. The summed E-state index contributed by atoms with van der Waals surface area (Å²) in [5.41, 5.74) is 3.42. The number of hydrogen-bond acceptors (Lipinski definition) is 3. The summed E-state index contributed by atoms with van der Waals surface area (Å²) in [6.07, 6.45) is 7.00. The Labute approximate surface area is 145 Å². The summed E-state index contributed by atoms with van der Waals surface area (Å²) < 4.78 is 11.5. The number of carbonyl (C=O) groups is 1. The molecule has 1 saturated carbocycles. The van der Waals surface area contributed by atoms with Crippen LogP contribution in [0.2, 0.25) is 0 Å². The predicted octanol–water partition coefficient (Wildman–Crippen LogP) is 3.88. The molecule has 2 atom stereocenters. The van der Waals surface area contributed by atoms with Crippen LogP contribution in [0.5, 0.6) is 5.75 Å². The Morgan fingerprint density at radius 1 is 1.25 bits per heavy atom. The molecular weight excluding hydrogens is 302 g/mol. The predicted molar refractivity (Wildman–Crippen MR) is 95.8 cm³/mol. The van der Waals surface area contributed by atoms with Gasteiger partial charge in [-0.1, -0.05) is 25.8 Å². The van der Waals surface area contributed by atoms with E-state index in [1.54, 1.807) is 7.11 Å². The lowest BCUT2D eigenvalue weighted by Crippen LogP contribution is -2.40. The highest BCUT2D eigenvalue weighted by Crippen LogP contribution is 2.38. The molecule has 2 aliphatic rings. The molecule has 0 aromatic heterocycles. The highest BCUT2D eigenvalue weighted by molar-refractivity contribution is 5.97. The summed E-state index contributed by atoms with van der Waals surface area (Å²) >= 11 is 0. The van der Waals surface area contributed by atoms with Gasteiger partial charge in [-0.2, -0.15) is 0 Å². The van der Waals surface area contributed by atoms with Crippen molar-refractivity contribution in [2.45, 2.75) is 58.5 Å². The molecule has 1 aliphatic carbocycles. The molecule has 1 aliphatic heterocycles. The van der Waals surface area contributed by atoms with Crippen molar-refractivity contribution in [1.29, 1.82) is 0 Å². The smallest absolute Gasteiger partial charge is 0.253 e. The first kappa shape index (κ1) is 17.3. The quantitative estimate of drug-likeness (QED) is 0.840. The topological polar surface area (TPSA) is 38.8 Å². The second-order valence-corrected chi connectivity index (χ2v) is 7.17. The highest BCUT2D eigenvalue weighted by atomic mass is 16.5. The van der Waals surface area contributed by atoms with Crippen molar-refractivity contribution >= 4 is 11.6 Å². The summed E-state index contributed by atoms with van der Waals surface area (Å²) in [6.45, 7) is 5.25. The molecule has 3 rings (SSSR count). The Morgan fingerprint density at radius 3 is 2.79 bits per heavy atom. The van der Waals surface area contributed by atoms with Crippen molar-refractivity contribution < 1.29 is 14.3 Å². The number of ether oxygens (including phenoxy) is 2. The number of benzene rings is 1. The monoisotopic (exact) mass is 331 g/mol. The van der Waals surface area contributed by atoms with Crippen LogP contribution < -0.4 is 9.64 Å². The number of methoxy groups -OCH3 is 1. The summed E-state index contributed by atoms with van der Waals surface area (Å²) in [5, 5.41) is 0. The number of nitrogens with zero attached hydrogens (tertiary/aromatic N) is 1. The van der Waals surface area contributed by atoms with E-state index in [0.29, 0.717) is 5.92 Å². The van der Waals surface area contributed by atoms with Crippen LogP contribution in [0.3, 0.4) is 0 Å². The fourth-order valence-corrected chi connectivity index (χ4v) is 4.05. The minimum atomic E-state index is 0.0534. The number of hydrogen-bond donors (Lipinski definition) is 0. The van der Waals surface area contributed by atoms with Gasteiger partial charge < -0.3 is 14.4 Å². The standard InChI is InChI=1S/C20H29NO3/c1-14-10-11-18(23-3)20-16(14)8-6-12-21(20)19(22)13-24-17-9-5-4-7-15(17)2/h10-11,15,17H,4-9,12-13H2,1-3H3/t15-,17-/m0/s1. The van der Waals surface area contributed by atoms with E-state index >= 15 is 0 Å². The molecule has 24 heavy (non-hydrogen) atoms. The maximum Gasteiger partial charge on any atom is 0.253 e. The van der Waals surface area contributed by atoms with Crippen molar-refractivity contribution in [3.8, 4) is 5.75 Å². The average molecular weight is 331 g/mol. The number of fused-ring (bicyclic) bond motifs is 1. The van der Waals surface area contributed by atoms with Gasteiger partial charge in [0.15, 0.2) is 0 Å². The molecule has 0 bridgehead atoms. The summed E-state index contributed by atoms with van der Waals surface area (Å²) in [4.78, 5) is 14.7. The highest BCUT2D eigenvalue weighted by Gasteiger charge is 2.29. The molecular formula is C20H29NO3. The number of carbonyl (C=O) groups excluding carboxylic acids is 1. The molecule has 1 aromatic rings. The minimum absolute atomic E-state index is 0.0534. The van der Waals surface area contributed by atoms with Gasteiger partial charge in [0.05, 0.1) is 18.9 Å². The number of rotatable bonds is 4. The van der Waals surface area contributed by atoms with Crippen LogP contribution in [-0.2, 0) is 16.0 Å². The zero-order valence-electron chi connectivity index (χ0n) is 15.1. The largest absolute Gasteiger partial charge is 0.495 e. The SMILES string of the molecule is COc1ccc(C)c2c1N(C(=O)CO[C@H]1CCCC[C@@H]1C)CCC2. The summed E-state index contributed by atoms with van der Waals surface area (Å²) in [7, 11) is 1.67. The molecule has 4 heteroatoms. The van der Waals surface area contributed by atoms with E-state index in [0.717, 1.165) is 37.2 Å². The van der Waals surface area contributed by atoms with Crippen molar-refractivity contribution in [1.82, 2.24) is 0 Å². The van der Waals surface area contributed by atoms with Crippen LogP contribution in [0.25, 0.3) is 0 Å². The van der Waals surface area contributed by atoms with E-state index in [1.807, 2.05) is 11.0 Å². The van der Waals surface area contributed by atoms with Gasteiger partial charge in [0.1, 0.15) is 12.4 Å². The van der Waals surface area contributed by atoms with Gasteiger partial charge in [-0.25, -0.2) is 0 Å². The van der Waals surface area contributed by atoms with Crippen LogP contribution in [0.1, 0.15) is 50.2 Å². The lowest BCUT2D eigenvalue weighted by molar-refractivity contribution is -0.127. The summed E-state index contributed by atoms with van der Waals surface area (Å²) in [5.74, 6) is 1.39. The third kappa shape index (κ3) is 3.44. The van der Waals surface area contributed by atoms with Gasteiger partial charge in [-0.15, -0.1) is 0 Å². The Kier molecular flexibility index (Phi) is 5.44. The molecule has 0 saturated heterocycles. The molecule has 132 valence electrons. The van der Waals surface area contributed by atoms with Crippen LogP contribution in [0.15, 0.2) is 12.1 Å². The maximum atomic E-state index is 12.8. The first-order valence-electron chi connectivity index (χ1n) is 9.20. The molecule has 1 heterocycles. The van der Waals surface area contributed by atoms with E-state index < -0.39 is 0 Å². The van der Waals surface area contributed by atoms with Gasteiger partial charge in [0.2, 0.25) is 0 Å². The number of amides is 1. The van der Waals surface area contributed by atoms with Gasteiger partial charge in [-0.3, -0.25) is 4.79 Å². The lowest BCUT2D eigenvalue weighted by Gasteiger charge is -2.33. The van der Waals surface area contributed by atoms with Crippen LogP contribution >= 0.6 is 0 Å². The van der Waals surface area contributed by atoms with E-state index in [2.05, 4.69) is 19.9 Å². The molecule has 1 amide bonds. The number of anilines is 1. The third-order valence-corrected chi connectivity index (χ3v) is 5.53. The molecule has 1 aromatic carbocycles. The first-order valence-corrected chi connectivity index (χ1v) is 9.20. The molecule has 4 nitrogen and oxygen atoms in total. The van der Waals surface area contributed by atoms with Crippen LogP contribution in [-0.4, -0.2) is 32.3 Å². The van der Waals surface area contributed by atoms with E-state index in [9.17, 15) is 4.79 Å². The molecule has 1 fully saturated rings. The van der Waals surface area contributed by atoms with Crippen LogP contribution in [0.4, 0.5) is 5.69 Å². The maximum absolute atomic E-state index is 12.8. The van der Waals surface area contributed by atoms with Crippen molar-refractivity contribution in [2.75, 3.05) is 25.2 Å². The second kappa shape index (κ2) is 7.56. The van der Waals surface area contributed by atoms with Gasteiger partial charge in [-0.05, 0) is 55.7 Å². The van der Waals surface area contributed by atoms with Crippen LogP contribution in [0, 0.1) is 12.8 Å². The molecule has 0 radical (unpaired) electrons. The minimum Gasteiger partial charge on any atom is -0.495 e. The van der Waals surface area contributed by atoms with Gasteiger partial charge in [0, 0.05) is 6.54 Å². The lowest BCUT2D eigenvalue weighted by atomic mass is 9.88. The summed E-state index contributed by atoms with van der Waals surface area (Å²) in [6, 6.07) is 4.04. The van der Waals surface area contributed by atoms with Crippen molar-refractivity contribution in [3.05, 3.63) is 23.3 Å². The molecule has 0 spiro atoms. The fraction of sp³-hybridized carbons (Fsp3) is 0.650.